The third-order valence-electron chi connectivity index (χ3n) is 8.91. The minimum atomic E-state index is -0.449. The van der Waals surface area contributed by atoms with E-state index in [0.717, 1.165) is 75.6 Å². The smallest absolute Gasteiger partial charge is 0.410 e. The van der Waals surface area contributed by atoms with Gasteiger partial charge < -0.3 is 19.3 Å². The molecule has 1 amide bonds. The molecule has 1 saturated carbocycles. The largest absolute Gasteiger partial charge is 0.490 e. The van der Waals surface area contributed by atoms with Crippen LogP contribution in [0.25, 0.3) is 10.9 Å². The number of ether oxygens (including phenoxy) is 2. The average molecular weight is 528 g/mol. The van der Waals surface area contributed by atoms with Crippen LogP contribution in [0.15, 0.2) is 18.3 Å². The molecule has 0 radical (unpaired) electrons. The average Bonchev–Trinajstić information content (AvgIpc) is 3.31. The maximum atomic E-state index is 12.5. The topological polar surface area (TPSA) is 103 Å². The molecule has 2 saturated heterocycles. The zero-order valence-electron chi connectivity index (χ0n) is 23.1. The predicted molar refractivity (Wildman–Crippen MR) is 145 cm³/mol. The van der Waals surface area contributed by atoms with E-state index in [2.05, 4.69) is 4.90 Å². The fraction of sp³-hybridized carbons (Fsp3) is 0.714. The van der Waals surface area contributed by atoms with Crippen LogP contribution < -0.4 is 4.74 Å². The number of fused-ring (bicyclic) bond motifs is 1. The molecule has 0 bridgehead atoms. The number of benzene rings is 1. The zero-order chi connectivity index (χ0) is 27.1. The molecule has 38 heavy (non-hydrogen) atoms. The van der Waals surface area contributed by atoms with E-state index in [4.69, 9.17) is 14.6 Å². The Morgan fingerprint density at radius 2 is 1.63 bits per heavy atom. The summed E-state index contributed by atoms with van der Waals surface area (Å²) in [5.74, 6) is 0.245. The second-order valence-corrected chi connectivity index (χ2v) is 12.4. The highest BCUT2D eigenvalue weighted by molar-refractivity contribution is 5.83. The summed E-state index contributed by atoms with van der Waals surface area (Å²) in [6, 6.07) is 4.15. The van der Waals surface area contributed by atoms with Crippen molar-refractivity contribution < 1.29 is 19.2 Å². The first-order chi connectivity index (χ1) is 18.1. The Morgan fingerprint density at radius 3 is 2.21 bits per heavy atom. The third-order valence-corrected chi connectivity index (χ3v) is 8.91. The summed E-state index contributed by atoms with van der Waals surface area (Å²) in [6.45, 7) is 9.63. The molecule has 1 spiro atoms. The highest BCUT2D eigenvalue weighted by atomic mass is 16.6. The molecule has 208 valence electrons. The van der Waals surface area contributed by atoms with Gasteiger partial charge in [0.15, 0.2) is 5.75 Å². The molecule has 2 aliphatic heterocycles. The number of nitrogens with zero attached hydrogens (tertiary/aromatic N) is 5. The Morgan fingerprint density at radius 1 is 1.03 bits per heavy atom. The molecule has 1 aliphatic carbocycles. The van der Waals surface area contributed by atoms with E-state index in [9.17, 15) is 14.9 Å². The second kappa shape index (κ2) is 10.4. The van der Waals surface area contributed by atoms with Crippen LogP contribution in [0.5, 0.6) is 5.75 Å². The first-order valence-electron chi connectivity index (χ1n) is 14.0. The van der Waals surface area contributed by atoms with Gasteiger partial charge in [0, 0.05) is 42.8 Å². The van der Waals surface area contributed by atoms with Crippen LogP contribution in [0, 0.1) is 15.5 Å². The molecule has 10 nitrogen and oxygen atoms in total. The van der Waals surface area contributed by atoms with Gasteiger partial charge in [0.25, 0.3) is 0 Å². The van der Waals surface area contributed by atoms with Crippen molar-refractivity contribution in [1.29, 1.82) is 0 Å². The predicted octanol–water partition coefficient (Wildman–Crippen LogP) is 5.55. The number of piperidine rings is 2. The number of likely N-dealkylation sites (tertiary alicyclic amines) is 2. The first-order valence-corrected chi connectivity index (χ1v) is 14.0. The molecular formula is C28H41N5O5. The van der Waals surface area contributed by atoms with Crippen LogP contribution in [-0.2, 0) is 4.74 Å². The van der Waals surface area contributed by atoms with E-state index < -0.39 is 10.5 Å². The van der Waals surface area contributed by atoms with Crippen molar-refractivity contribution in [3.05, 3.63) is 28.4 Å². The third kappa shape index (κ3) is 5.60. The second-order valence-electron chi connectivity index (χ2n) is 12.4. The normalized spacial score (nSPS) is 24.5. The van der Waals surface area contributed by atoms with E-state index in [0.29, 0.717) is 17.5 Å². The van der Waals surface area contributed by atoms with E-state index in [1.807, 2.05) is 36.5 Å². The molecule has 0 atom stereocenters. The summed E-state index contributed by atoms with van der Waals surface area (Å²) >= 11 is 0. The molecule has 10 heteroatoms. The lowest BCUT2D eigenvalue weighted by Crippen LogP contribution is -2.51. The van der Waals surface area contributed by atoms with Crippen molar-refractivity contribution in [1.82, 2.24) is 19.6 Å². The standard InChI is InChI=1S/C28H41N5O5/c1-27(2,3)38-26(34)31-15-11-28(12-16-31)9-13-30(14-10-28)21-5-7-22(8-6-21)32-19-20-17-24(33(35)36)25(37-4)18-23(20)29-32/h17-19,21-22H,5-16H2,1-4H3. The van der Waals surface area contributed by atoms with Gasteiger partial charge >= 0.3 is 11.8 Å². The number of nitro groups is 1. The van der Waals surface area contributed by atoms with Crippen LogP contribution in [0.2, 0.25) is 0 Å². The van der Waals surface area contributed by atoms with Crippen LogP contribution in [0.1, 0.15) is 78.2 Å². The fourth-order valence-corrected chi connectivity index (χ4v) is 6.59. The number of carbonyl (C=O) groups excluding carboxylic acids is 1. The fourth-order valence-electron chi connectivity index (χ4n) is 6.59. The lowest BCUT2D eigenvalue weighted by Gasteiger charge is -2.49. The molecule has 1 aromatic heterocycles. The molecule has 2 aromatic rings. The molecule has 3 heterocycles. The Balaban J connectivity index is 1.12. The van der Waals surface area contributed by atoms with Crippen molar-refractivity contribution in [2.45, 2.75) is 89.8 Å². The van der Waals surface area contributed by atoms with E-state index >= 15 is 0 Å². The highest BCUT2D eigenvalue weighted by Crippen LogP contribution is 2.43. The Hall–Kier alpha value is -2.88. The van der Waals surface area contributed by atoms with Crippen molar-refractivity contribution in [2.24, 2.45) is 5.41 Å². The van der Waals surface area contributed by atoms with Crippen molar-refractivity contribution in [3.8, 4) is 5.75 Å². The Labute approximate surface area is 224 Å². The van der Waals surface area contributed by atoms with Gasteiger partial charge in [-0.15, -0.1) is 0 Å². The van der Waals surface area contributed by atoms with E-state index in [1.54, 1.807) is 12.1 Å². The van der Waals surface area contributed by atoms with Gasteiger partial charge in [0.1, 0.15) is 5.60 Å². The van der Waals surface area contributed by atoms with Crippen molar-refractivity contribution in [2.75, 3.05) is 33.3 Å². The molecule has 1 aromatic carbocycles. The Kier molecular flexibility index (Phi) is 7.28. The van der Waals surface area contributed by atoms with Gasteiger partial charge in [-0.05, 0) is 90.6 Å². The van der Waals surface area contributed by atoms with E-state index in [1.165, 1.54) is 20.0 Å². The quantitative estimate of drug-likeness (QED) is 0.379. The molecule has 0 unspecified atom stereocenters. The number of nitro benzene ring substituents is 1. The van der Waals surface area contributed by atoms with Crippen LogP contribution in [-0.4, -0.2) is 75.5 Å². The molecule has 3 aliphatic rings. The summed E-state index contributed by atoms with van der Waals surface area (Å²) in [5, 5.41) is 16.9. The first kappa shape index (κ1) is 26.7. The highest BCUT2D eigenvalue weighted by Gasteiger charge is 2.41. The summed E-state index contributed by atoms with van der Waals surface area (Å²) in [4.78, 5) is 28.0. The number of methoxy groups -OCH3 is 1. The van der Waals surface area contributed by atoms with Gasteiger partial charge in [-0.25, -0.2) is 4.79 Å². The van der Waals surface area contributed by atoms with Gasteiger partial charge in [0.05, 0.1) is 23.6 Å². The lowest BCUT2D eigenvalue weighted by atomic mass is 9.71. The van der Waals surface area contributed by atoms with Gasteiger partial charge in [-0.1, -0.05) is 0 Å². The Bertz CT molecular complexity index is 1160. The summed E-state index contributed by atoms with van der Waals surface area (Å²) < 4.78 is 12.8. The van der Waals surface area contributed by atoms with Gasteiger partial charge in [0.2, 0.25) is 0 Å². The lowest BCUT2D eigenvalue weighted by molar-refractivity contribution is -0.385. The minimum Gasteiger partial charge on any atom is -0.490 e. The summed E-state index contributed by atoms with van der Waals surface area (Å²) in [6.07, 6.45) is 10.7. The van der Waals surface area contributed by atoms with Crippen LogP contribution in [0.4, 0.5) is 10.5 Å². The van der Waals surface area contributed by atoms with Crippen LogP contribution in [0.3, 0.4) is 0 Å². The van der Waals surface area contributed by atoms with Crippen molar-refractivity contribution >= 4 is 22.7 Å². The number of aromatic nitrogens is 2. The maximum absolute atomic E-state index is 12.5. The zero-order valence-corrected chi connectivity index (χ0v) is 23.1. The van der Waals surface area contributed by atoms with Gasteiger partial charge in [-0.3, -0.25) is 14.8 Å². The summed E-state index contributed by atoms with van der Waals surface area (Å²) in [5.41, 5.74) is 0.621. The van der Waals surface area contributed by atoms with Crippen molar-refractivity contribution in [3.63, 3.8) is 0 Å². The minimum absolute atomic E-state index is 0.0263. The van der Waals surface area contributed by atoms with E-state index in [-0.39, 0.29) is 17.5 Å². The molecular weight excluding hydrogens is 486 g/mol. The summed E-state index contributed by atoms with van der Waals surface area (Å²) in [7, 11) is 1.45. The number of amides is 1. The maximum Gasteiger partial charge on any atom is 0.410 e. The monoisotopic (exact) mass is 527 g/mol. The molecule has 3 fully saturated rings. The molecule has 0 N–H and O–H groups in total. The molecule has 5 rings (SSSR count). The number of hydrogen-bond donors (Lipinski definition) is 0. The number of rotatable bonds is 4. The van der Waals surface area contributed by atoms with Crippen LogP contribution >= 0.6 is 0 Å². The number of carbonyl (C=O) groups is 1. The SMILES string of the molecule is COc1cc2nn(C3CCC(N4CCC5(CCN(C(=O)OC(C)(C)C)CC5)CC4)CC3)cc2cc1[N+](=O)[O-]. The number of hydrogen-bond acceptors (Lipinski definition) is 7. The van der Waals surface area contributed by atoms with Gasteiger partial charge in [-0.2, -0.15) is 5.10 Å².